The summed E-state index contributed by atoms with van der Waals surface area (Å²) >= 11 is 3.51. The van der Waals surface area contributed by atoms with E-state index in [-0.39, 0.29) is 0 Å². The SMILES string of the molecule is CC[C@@H](C)c1ccc(-n2c(C)ccc2-c2ccc(Br)cc2)cc1. The van der Waals surface area contributed by atoms with Crippen LogP contribution in [-0.4, -0.2) is 4.57 Å². The van der Waals surface area contributed by atoms with Gasteiger partial charge in [-0.15, -0.1) is 0 Å². The molecule has 1 heterocycles. The lowest BCUT2D eigenvalue weighted by atomic mass is 9.98. The summed E-state index contributed by atoms with van der Waals surface area (Å²) in [4.78, 5) is 0. The van der Waals surface area contributed by atoms with Gasteiger partial charge in [0.15, 0.2) is 0 Å². The maximum atomic E-state index is 3.51. The third kappa shape index (κ3) is 3.28. The van der Waals surface area contributed by atoms with Crippen LogP contribution in [0.1, 0.15) is 37.4 Å². The lowest BCUT2D eigenvalue weighted by Crippen LogP contribution is -2.00. The van der Waals surface area contributed by atoms with E-state index in [9.17, 15) is 0 Å². The van der Waals surface area contributed by atoms with Crippen LogP contribution < -0.4 is 0 Å². The fraction of sp³-hybridized carbons (Fsp3) is 0.238. The molecule has 118 valence electrons. The smallest absolute Gasteiger partial charge is 0.0531 e. The molecule has 3 rings (SSSR count). The topological polar surface area (TPSA) is 4.93 Å². The quantitative estimate of drug-likeness (QED) is 0.481. The molecule has 0 bridgehead atoms. The van der Waals surface area contributed by atoms with Gasteiger partial charge in [0.2, 0.25) is 0 Å². The largest absolute Gasteiger partial charge is 0.314 e. The second-order valence-electron chi connectivity index (χ2n) is 6.10. The first-order valence-electron chi connectivity index (χ1n) is 8.14. The van der Waals surface area contributed by atoms with Crippen molar-refractivity contribution in [2.24, 2.45) is 0 Å². The summed E-state index contributed by atoms with van der Waals surface area (Å²) in [6.07, 6.45) is 1.17. The summed E-state index contributed by atoms with van der Waals surface area (Å²) in [6, 6.07) is 21.9. The summed E-state index contributed by atoms with van der Waals surface area (Å²) in [6.45, 7) is 6.68. The van der Waals surface area contributed by atoms with Crippen molar-refractivity contribution < 1.29 is 0 Å². The first kappa shape index (κ1) is 16.1. The Labute approximate surface area is 147 Å². The number of rotatable bonds is 4. The van der Waals surface area contributed by atoms with Crippen molar-refractivity contribution in [1.29, 1.82) is 0 Å². The molecule has 2 heteroatoms. The van der Waals surface area contributed by atoms with Crippen molar-refractivity contribution in [3.05, 3.63) is 76.4 Å². The maximum absolute atomic E-state index is 3.51. The van der Waals surface area contributed by atoms with Crippen molar-refractivity contribution in [3.8, 4) is 16.9 Å². The van der Waals surface area contributed by atoms with Crippen LogP contribution in [0.3, 0.4) is 0 Å². The molecule has 0 spiro atoms. The van der Waals surface area contributed by atoms with E-state index in [0.29, 0.717) is 5.92 Å². The van der Waals surface area contributed by atoms with E-state index < -0.39 is 0 Å². The second-order valence-corrected chi connectivity index (χ2v) is 7.02. The molecule has 3 aromatic rings. The Morgan fingerprint density at radius 2 is 1.57 bits per heavy atom. The van der Waals surface area contributed by atoms with Crippen molar-refractivity contribution in [2.75, 3.05) is 0 Å². The molecule has 0 unspecified atom stereocenters. The molecule has 1 aromatic heterocycles. The maximum Gasteiger partial charge on any atom is 0.0531 e. The second kappa shape index (κ2) is 6.76. The van der Waals surface area contributed by atoms with E-state index >= 15 is 0 Å². The van der Waals surface area contributed by atoms with E-state index in [2.05, 4.69) is 102 Å². The van der Waals surface area contributed by atoms with Crippen molar-refractivity contribution in [3.63, 3.8) is 0 Å². The number of halogens is 1. The fourth-order valence-corrected chi connectivity index (χ4v) is 3.18. The molecule has 1 atom stereocenters. The van der Waals surface area contributed by atoms with Gasteiger partial charge in [-0.1, -0.05) is 54.0 Å². The molecule has 1 nitrogen and oxygen atoms in total. The standard InChI is InChI=1S/C21H22BrN/c1-4-15(2)17-8-12-20(13-9-17)23-16(3)5-14-21(23)18-6-10-19(22)11-7-18/h5-15H,4H2,1-3H3/t15-/m1/s1. The van der Waals surface area contributed by atoms with Crippen LogP contribution in [0.4, 0.5) is 0 Å². The fourth-order valence-electron chi connectivity index (χ4n) is 2.91. The van der Waals surface area contributed by atoms with Crippen LogP contribution in [-0.2, 0) is 0 Å². The number of hydrogen-bond donors (Lipinski definition) is 0. The van der Waals surface area contributed by atoms with Crippen LogP contribution >= 0.6 is 15.9 Å². The van der Waals surface area contributed by atoms with Gasteiger partial charge >= 0.3 is 0 Å². The molecule has 2 aromatic carbocycles. The molecule has 0 aliphatic rings. The van der Waals surface area contributed by atoms with Crippen LogP contribution in [0.5, 0.6) is 0 Å². The highest BCUT2D eigenvalue weighted by molar-refractivity contribution is 9.10. The number of nitrogens with zero attached hydrogens (tertiary/aromatic N) is 1. The minimum atomic E-state index is 0.612. The monoisotopic (exact) mass is 367 g/mol. The Hall–Kier alpha value is -1.80. The molecule has 0 radical (unpaired) electrons. The van der Waals surface area contributed by atoms with Crippen molar-refractivity contribution in [1.82, 2.24) is 4.57 Å². The van der Waals surface area contributed by atoms with Gasteiger partial charge in [0.25, 0.3) is 0 Å². The summed E-state index contributed by atoms with van der Waals surface area (Å²) in [7, 11) is 0. The molecular weight excluding hydrogens is 346 g/mol. The van der Waals surface area contributed by atoms with Crippen molar-refractivity contribution >= 4 is 15.9 Å². The van der Waals surface area contributed by atoms with E-state index in [0.717, 1.165) is 4.47 Å². The van der Waals surface area contributed by atoms with Gasteiger partial charge in [-0.2, -0.15) is 0 Å². The average molecular weight is 368 g/mol. The van der Waals surface area contributed by atoms with Gasteiger partial charge in [-0.3, -0.25) is 0 Å². The summed E-state index contributed by atoms with van der Waals surface area (Å²) < 4.78 is 3.43. The predicted octanol–water partition coefficient (Wildman–Crippen LogP) is 6.73. The predicted molar refractivity (Wildman–Crippen MR) is 102 cm³/mol. The van der Waals surface area contributed by atoms with E-state index in [1.54, 1.807) is 0 Å². The molecule has 0 saturated heterocycles. The first-order chi connectivity index (χ1) is 11.1. The third-order valence-corrected chi connectivity index (χ3v) is 5.08. The normalized spacial score (nSPS) is 12.3. The molecular formula is C21H22BrN. The lowest BCUT2D eigenvalue weighted by molar-refractivity contribution is 0.733. The highest BCUT2D eigenvalue weighted by atomic mass is 79.9. The Bertz CT molecular complexity index is 782. The van der Waals surface area contributed by atoms with Gasteiger partial charge in [-0.25, -0.2) is 0 Å². The summed E-state index contributed by atoms with van der Waals surface area (Å²) in [5.41, 5.74) is 6.33. The Morgan fingerprint density at radius 3 is 2.17 bits per heavy atom. The van der Waals surface area contributed by atoms with Crippen LogP contribution in [0.2, 0.25) is 0 Å². The molecule has 0 fully saturated rings. The molecule has 0 saturated carbocycles. The summed E-state index contributed by atoms with van der Waals surface area (Å²) in [5, 5.41) is 0. The molecule has 0 aliphatic carbocycles. The van der Waals surface area contributed by atoms with E-state index in [1.807, 2.05) is 0 Å². The molecule has 23 heavy (non-hydrogen) atoms. The van der Waals surface area contributed by atoms with Gasteiger partial charge in [0, 0.05) is 15.9 Å². The summed E-state index contributed by atoms with van der Waals surface area (Å²) in [5.74, 6) is 0.612. The van der Waals surface area contributed by atoms with Gasteiger partial charge in [0.1, 0.15) is 0 Å². The Kier molecular flexibility index (Phi) is 4.72. The zero-order valence-corrected chi connectivity index (χ0v) is 15.5. The van der Waals surface area contributed by atoms with Gasteiger partial charge in [-0.05, 0) is 66.8 Å². The van der Waals surface area contributed by atoms with Crippen molar-refractivity contribution in [2.45, 2.75) is 33.1 Å². The number of aryl methyl sites for hydroxylation is 1. The Balaban J connectivity index is 2.03. The number of hydrogen-bond acceptors (Lipinski definition) is 0. The molecule has 0 aliphatic heterocycles. The highest BCUT2D eigenvalue weighted by Gasteiger charge is 2.10. The van der Waals surface area contributed by atoms with Gasteiger partial charge < -0.3 is 4.57 Å². The third-order valence-electron chi connectivity index (χ3n) is 4.55. The van der Waals surface area contributed by atoms with Gasteiger partial charge in [0.05, 0.1) is 5.69 Å². The first-order valence-corrected chi connectivity index (χ1v) is 8.94. The van der Waals surface area contributed by atoms with E-state index in [1.165, 1.54) is 34.6 Å². The zero-order valence-electron chi connectivity index (χ0n) is 13.9. The van der Waals surface area contributed by atoms with E-state index in [4.69, 9.17) is 0 Å². The minimum absolute atomic E-state index is 0.612. The van der Waals surface area contributed by atoms with Crippen LogP contribution in [0, 0.1) is 6.92 Å². The number of benzene rings is 2. The van der Waals surface area contributed by atoms with Crippen LogP contribution in [0.15, 0.2) is 65.1 Å². The molecule has 0 N–H and O–H groups in total. The average Bonchev–Trinajstić information content (AvgIpc) is 2.96. The number of aromatic nitrogens is 1. The Morgan fingerprint density at radius 1 is 0.913 bits per heavy atom. The molecule has 0 amide bonds. The zero-order chi connectivity index (χ0) is 16.4. The van der Waals surface area contributed by atoms with Crippen LogP contribution in [0.25, 0.3) is 16.9 Å². The highest BCUT2D eigenvalue weighted by Crippen LogP contribution is 2.28. The minimum Gasteiger partial charge on any atom is -0.314 e. The lowest BCUT2D eigenvalue weighted by Gasteiger charge is -2.14.